The van der Waals surface area contributed by atoms with E-state index in [9.17, 15) is 9.59 Å². The summed E-state index contributed by atoms with van der Waals surface area (Å²) in [4.78, 5) is 26.5. The fourth-order valence-corrected chi connectivity index (χ4v) is 2.77. The number of fused-ring (bicyclic) bond motifs is 2. The third kappa shape index (κ3) is 4.33. The maximum Gasteiger partial charge on any atom is 0.408 e. The molecule has 2 rings (SSSR count). The van der Waals surface area contributed by atoms with Gasteiger partial charge in [0.15, 0.2) is 0 Å². The lowest BCUT2D eigenvalue weighted by atomic mass is 10.0. The van der Waals surface area contributed by atoms with Gasteiger partial charge in [0, 0.05) is 25.2 Å². The molecule has 0 aliphatic carbocycles. The minimum absolute atomic E-state index is 0.100. The molecule has 2 aliphatic rings. The Bertz CT molecular complexity index is 433. The highest BCUT2D eigenvalue weighted by atomic mass is 16.6. The summed E-state index contributed by atoms with van der Waals surface area (Å²) < 4.78 is 10.7. The minimum Gasteiger partial charge on any atom is -0.444 e. The molecule has 2 saturated heterocycles. The van der Waals surface area contributed by atoms with Crippen LogP contribution in [0.15, 0.2) is 0 Å². The topological polar surface area (TPSA) is 79.9 Å². The van der Waals surface area contributed by atoms with Gasteiger partial charge in [0.2, 0.25) is 5.91 Å². The van der Waals surface area contributed by atoms with E-state index in [0.29, 0.717) is 26.3 Å². The third-order valence-electron chi connectivity index (χ3n) is 3.63. The van der Waals surface area contributed by atoms with Gasteiger partial charge in [-0.3, -0.25) is 4.79 Å². The molecule has 2 heterocycles. The summed E-state index contributed by atoms with van der Waals surface area (Å²) >= 11 is 0. The number of carbonyl (C=O) groups is 2. The quantitative estimate of drug-likeness (QED) is 0.775. The highest BCUT2D eigenvalue weighted by Gasteiger charge is 2.40. The molecule has 0 aromatic rings. The van der Waals surface area contributed by atoms with E-state index in [1.54, 1.807) is 39.5 Å². The number of nitrogens with one attached hydrogen (secondary N) is 2. The fourth-order valence-electron chi connectivity index (χ4n) is 2.77. The maximum absolute atomic E-state index is 12.7. The predicted molar refractivity (Wildman–Crippen MR) is 81.6 cm³/mol. The molecule has 0 radical (unpaired) electrons. The van der Waals surface area contributed by atoms with Crippen LogP contribution in [0.25, 0.3) is 0 Å². The van der Waals surface area contributed by atoms with Crippen LogP contribution in [0.5, 0.6) is 0 Å². The second-order valence-electron chi connectivity index (χ2n) is 7.56. The van der Waals surface area contributed by atoms with Crippen molar-refractivity contribution >= 4 is 12.0 Å². The number of ether oxygens (including phenoxy) is 2. The summed E-state index contributed by atoms with van der Waals surface area (Å²) in [6.45, 7) is 11.2. The summed E-state index contributed by atoms with van der Waals surface area (Å²) in [6.07, 6.45) is -0.579. The third-order valence-corrected chi connectivity index (χ3v) is 3.63. The molecule has 126 valence electrons. The first-order valence-corrected chi connectivity index (χ1v) is 7.71. The summed E-state index contributed by atoms with van der Waals surface area (Å²) in [5, 5.41) is 6.10. The van der Waals surface area contributed by atoms with Crippen molar-refractivity contribution in [1.29, 1.82) is 0 Å². The van der Waals surface area contributed by atoms with Crippen LogP contribution in [0.2, 0.25) is 0 Å². The molecule has 22 heavy (non-hydrogen) atoms. The highest BCUT2D eigenvalue weighted by Crippen LogP contribution is 2.17. The van der Waals surface area contributed by atoms with Crippen molar-refractivity contribution < 1.29 is 19.1 Å². The molecule has 0 spiro atoms. The Morgan fingerprint density at radius 3 is 2.18 bits per heavy atom. The number of hydrogen-bond donors (Lipinski definition) is 2. The minimum atomic E-state index is -1.01. The zero-order valence-electron chi connectivity index (χ0n) is 14.1. The van der Waals surface area contributed by atoms with Gasteiger partial charge in [0.25, 0.3) is 0 Å². The number of piperazine rings is 1. The second kappa shape index (κ2) is 6.04. The Morgan fingerprint density at radius 2 is 1.68 bits per heavy atom. The van der Waals surface area contributed by atoms with Crippen LogP contribution in [0.3, 0.4) is 0 Å². The molecule has 2 unspecified atom stereocenters. The van der Waals surface area contributed by atoms with E-state index in [2.05, 4.69) is 10.6 Å². The van der Waals surface area contributed by atoms with E-state index in [-0.39, 0.29) is 18.0 Å². The van der Waals surface area contributed by atoms with Crippen LogP contribution in [0, 0.1) is 0 Å². The first-order valence-electron chi connectivity index (χ1n) is 7.71. The summed E-state index contributed by atoms with van der Waals surface area (Å²) in [7, 11) is 0. The van der Waals surface area contributed by atoms with E-state index in [1.165, 1.54) is 0 Å². The molecule has 7 heteroatoms. The summed E-state index contributed by atoms with van der Waals surface area (Å²) in [6, 6.07) is 0.322. The van der Waals surface area contributed by atoms with Crippen LogP contribution >= 0.6 is 0 Å². The molecule has 7 nitrogen and oxygen atoms in total. The predicted octanol–water partition coefficient (Wildman–Crippen LogP) is 0.489. The molecule has 2 atom stereocenters. The van der Waals surface area contributed by atoms with Crippen LogP contribution in [-0.2, 0) is 14.3 Å². The average molecular weight is 313 g/mol. The lowest BCUT2D eigenvalue weighted by Crippen LogP contribution is -2.67. The molecule has 0 aromatic carbocycles. The van der Waals surface area contributed by atoms with Gasteiger partial charge in [-0.15, -0.1) is 0 Å². The fraction of sp³-hybridized carbons (Fsp3) is 0.867. The molecule has 2 bridgehead atoms. The lowest BCUT2D eigenvalue weighted by molar-refractivity contribution is -0.141. The molecule has 2 aliphatic heterocycles. The van der Waals surface area contributed by atoms with Gasteiger partial charge < -0.3 is 25.0 Å². The van der Waals surface area contributed by atoms with E-state index in [0.717, 1.165) is 0 Å². The number of carbonyl (C=O) groups excluding carboxylic acids is 2. The number of nitrogens with zero attached hydrogens (tertiary/aromatic N) is 1. The summed E-state index contributed by atoms with van der Waals surface area (Å²) in [5.41, 5.74) is -1.60. The monoisotopic (exact) mass is 313 g/mol. The van der Waals surface area contributed by atoms with Crippen molar-refractivity contribution in [3.63, 3.8) is 0 Å². The average Bonchev–Trinajstić information content (AvgIpc) is 2.34. The van der Waals surface area contributed by atoms with Crippen molar-refractivity contribution in [3.05, 3.63) is 0 Å². The zero-order chi connectivity index (χ0) is 16.5. The first kappa shape index (κ1) is 17.0. The van der Waals surface area contributed by atoms with Crippen molar-refractivity contribution in [2.45, 2.75) is 57.8 Å². The highest BCUT2D eigenvalue weighted by molar-refractivity contribution is 5.89. The number of morpholine rings is 1. The van der Waals surface area contributed by atoms with Crippen molar-refractivity contribution in [2.75, 3.05) is 26.3 Å². The molecule has 0 aromatic heterocycles. The van der Waals surface area contributed by atoms with E-state index < -0.39 is 17.2 Å². The van der Waals surface area contributed by atoms with Crippen LogP contribution in [-0.4, -0.2) is 66.4 Å². The van der Waals surface area contributed by atoms with Crippen molar-refractivity contribution in [2.24, 2.45) is 0 Å². The molecule has 2 fully saturated rings. The van der Waals surface area contributed by atoms with Gasteiger partial charge in [0.05, 0.1) is 13.2 Å². The van der Waals surface area contributed by atoms with E-state index in [1.807, 2.05) is 0 Å². The molecular weight excluding hydrogens is 286 g/mol. The molecule has 0 saturated carbocycles. The maximum atomic E-state index is 12.7. The van der Waals surface area contributed by atoms with Crippen molar-refractivity contribution in [3.8, 4) is 0 Å². The Hall–Kier alpha value is -1.34. The lowest BCUT2D eigenvalue weighted by Gasteiger charge is -2.44. The number of alkyl carbamates (subject to hydrolysis) is 1. The number of amides is 2. The van der Waals surface area contributed by atoms with Gasteiger partial charge >= 0.3 is 6.09 Å². The molecule has 2 N–H and O–H groups in total. The Kier molecular flexibility index (Phi) is 4.67. The van der Waals surface area contributed by atoms with Crippen LogP contribution < -0.4 is 10.6 Å². The molecular formula is C15H27N3O4. The second-order valence-corrected chi connectivity index (χ2v) is 7.56. The standard InChI is InChI=1S/C15H27N3O4/c1-14(2,3)22-13(20)17-15(4,5)12(19)18-6-10-8-21-9-11(7-18)16-10/h10-11,16H,6-9H2,1-5H3,(H,17,20). The van der Waals surface area contributed by atoms with E-state index in [4.69, 9.17) is 9.47 Å². The summed E-state index contributed by atoms with van der Waals surface area (Å²) in [5.74, 6) is -0.100. The Labute approximate surface area is 131 Å². The van der Waals surface area contributed by atoms with Gasteiger partial charge in [-0.25, -0.2) is 4.79 Å². The van der Waals surface area contributed by atoms with Crippen LogP contribution in [0.4, 0.5) is 4.79 Å². The number of rotatable bonds is 2. The van der Waals surface area contributed by atoms with Gasteiger partial charge in [-0.2, -0.15) is 0 Å². The Balaban J connectivity index is 1.96. The van der Waals surface area contributed by atoms with Crippen molar-refractivity contribution in [1.82, 2.24) is 15.5 Å². The van der Waals surface area contributed by atoms with Crippen LogP contribution in [0.1, 0.15) is 34.6 Å². The largest absolute Gasteiger partial charge is 0.444 e. The van der Waals surface area contributed by atoms with Gasteiger partial charge in [-0.05, 0) is 34.6 Å². The van der Waals surface area contributed by atoms with Gasteiger partial charge in [-0.1, -0.05) is 0 Å². The smallest absolute Gasteiger partial charge is 0.408 e. The first-order chi connectivity index (χ1) is 10.1. The Morgan fingerprint density at radius 1 is 1.14 bits per heavy atom. The van der Waals surface area contributed by atoms with E-state index >= 15 is 0 Å². The number of hydrogen-bond acceptors (Lipinski definition) is 5. The van der Waals surface area contributed by atoms with Gasteiger partial charge in [0.1, 0.15) is 11.1 Å². The SMILES string of the molecule is CC(C)(C)OC(=O)NC(C)(C)C(=O)N1CC2COCC(C1)N2. The normalized spacial score (nSPS) is 25.6. The zero-order valence-corrected chi connectivity index (χ0v) is 14.1. The molecule has 2 amide bonds.